The summed E-state index contributed by atoms with van der Waals surface area (Å²) in [5.74, 6) is -2.93. The van der Waals surface area contributed by atoms with E-state index >= 15 is 0 Å². The number of ether oxygens (including phenoxy) is 2. The third-order valence-corrected chi connectivity index (χ3v) is 8.17. The maximum atomic E-state index is 14.3. The Hall–Kier alpha value is -4.36. The molecule has 2 heterocycles. The van der Waals surface area contributed by atoms with Crippen molar-refractivity contribution in [2.45, 2.75) is 45.1 Å². The van der Waals surface area contributed by atoms with Gasteiger partial charge >= 0.3 is 18.0 Å². The maximum Gasteiger partial charge on any atom is 0.338 e. The van der Waals surface area contributed by atoms with E-state index in [4.69, 9.17) is 9.47 Å². The third-order valence-electron chi connectivity index (χ3n) is 8.17. The van der Waals surface area contributed by atoms with Gasteiger partial charge in [-0.2, -0.15) is 0 Å². The number of carbonyl (C=O) groups is 4. The number of anilines is 1. The van der Waals surface area contributed by atoms with E-state index in [0.29, 0.717) is 18.9 Å². The molecule has 46 heavy (non-hydrogen) atoms. The van der Waals surface area contributed by atoms with E-state index in [0.717, 1.165) is 55.8 Å². The van der Waals surface area contributed by atoms with Gasteiger partial charge in [0, 0.05) is 25.3 Å². The Balaban J connectivity index is 1.36. The van der Waals surface area contributed by atoms with Crippen molar-refractivity contribution in [3.63, 3.8) is 0 Å². The molecule has 11 nitrogen and oxygen atoms in total. The summed E-state index contributed by atoms with van der Waals surface area (Å²) in [6.07, 6.45) is 2.49. The van der Waals surface area contributed by atoms with Gasteiger partial charge in [0.1, 0.15) is 6.04 Å². The first kappa shape index (κ1) is 34.5. The molecule has 2 aromatic rings. The van der Waals surface area contributed by atoms with E-state index in [1.807, 2.05) is 32.0 Å². The van der Waals surface area contributed by atoms with Crippen LogP contribution in [0.25, 0.3) is 0 Å². The van der Waals surface area contributed by atoms with Crippen LogP contribution >= 0.6 is 0 Å². The second kappa shape index (κ2) is 15.8. The largest absolute Gasteiger partial charge is 0.466 e. The molecular formula is C33H41F2N5O6. The lowest BCUT2D eigenvalue weighted by Crippen LogP contribution is -2.55. The lowest BCUT2D eigenvalue weighted by Gasteiger charge is -2.36. The van der Waals surface area contributed by atoms with E-state index in [1.54, 1.807) is 0 Å². The van der Waals surface area contributed by atoms with Gasteiger partial charge in [0.15, 0.2) is 11.6 Å². The molecule has 3 N–H and O–H groups in total. The van der Waals surface area contributed by atoms with Gasteiger partial charge in [-0.1, -0.05) is 32.0 Å². The van der Waals surface area contributed by atoms with Crippen LogP contribution in [0.5, 0.6) is 0 Å². The number of benzene rings is 2. The fourth-order valence-electron chi connectivity index (χ4n) is 5.71. The van der Waals surface area contributed by atoms with Crippen molar-refractivity contribution < 1.29 is 37.4 Å². The van der Waals surface area contributed by atoms with Crippen LogP contribution in [0.4, 0.5) is 24.1 Å². The summed E-state index contributed by atoms with van der Waals surface area (Å²) in [6.45, 7) is 6.19. The molecule has 0 saturated carbocycles. The monoisotopic (exact) mass is 641 g/mol. The van der Waals surface area contributed by atoms with Crippen LogP contribution in [0.1, 0.15) is 56.2 Å². The smallest absolute Gasteiger partial charge is 0.338 e. The number of imide groups is 1. The van der Waals surface area contributed by atoms with Gasteiger partial charge < -0.3 is 30.3 Å². The predicted octanol–water partition coefficient (Wildman–Crippen LogP) is 4.68. The number of likely N-dealkylation sites (tertiary alicyclic amines) is 1. The molecular weight excluding hydrogens is 600 g/mol. The number of nitrogens with one attached hydrogen (secondary N) is 3. The zero-order chi connectivity index (χ0) is 33.4. The third kappa shape index (κ3) is 8.26. The van der Waals surface area contributed by atoms with Crippen molar-refractivity contribution in [3.8, 4) is 0 Å². The summed E-state index contributed by atoms with van der Waals surface area (Å²) in [6, 6.07) is 7.83. The molecule has 2 aromatic carbocycles. The highest BCUT2D eigenvalue weighted by molar-refractivity contribution is 6.01. The van der Waals surface area contributed by atoms with Crippen molar-refractivity contribution in [1.29, 1.82) is 0 Å². The fourth-order valence-corrected chi connectivity index (χ4v) is 5.71. The summed E-state index contributed by atoms with van der Waals surface area (Å²) in [5, 5.41) is 8.19. The average molecular weight is 642 g/mol. The molecule has 2 aliphatic rings. The standard InChI is InChI=1S/C33H41F2N5O6/c1-20(2)30(41)37-24-8-5-7-22(17-24)21-11-15-39(16-12-21)14-6-13-36-32(43)40-29(23-9-10-25(34)26(35)18-23)28(31(42)46-4)27(19-45-3)38-33(40)44/h5,7-10,17-18,20-21,29H,6,11-16,19H2,1-4H3,(H,36,43)(H,37,41)(H,38,44). The van der Waals surface area contributed by atoms with Crippen LogP contribution in [0.15, 0.2) is 53.7 Å². The number of hydrogen-bond donors (Lipinski definition) is 3. The quantitative estimate of drug-likeness (QED) is 0.240. The number of hydrogen-bond acceptors (Lipinski definition) is 7. The lowest BCUT2D eigenvalue weighted by atomic mass is 9.89. The highest BCUT2D eigenvalue weighted by atomic mass is 19.2. The van der Waals surface area contributed by atoms with Gasteiger partial charge in [-0.15, -0.1) is 0 Å². The first-order chi connectivity index (χ1) is 22.0. The fraction of sp³-hybridized carbons (Fsp3) is 0.455. The number of urea groups is 2. The van der Waals surface area contributed by atoms with Gasteiger partial charge in [0.2, 0.25) is 5.91 Å². The molecule has 2 aliphatic heterocycles. The molecule has 0 spiro atoms. The number of methoxy groups -OCH3 is 2. The molecule has 4 rings (SSSR count). The van der Waals surface area contributed by atoms with E-state index in [9.17, 15) is 28.0 Å². The predicted molar refractivity (Wildman–Crippen MR) is 167 cm³/mol. The number of amides is 5. The Morgan fingerprint density at radius 2 is 1.76 bits per heavy atom. The number of piperidine rings is 1. The minimum absolute atomic E-state index is 0.00798. The van der Waals surface area contributed by atoms with E-state index in [-0.39, 0.29) is 41.8 Å². The number of rotatable bonds is 11. The van der Waals surface area contributed by atoms with Crippen molar-refractivity contribution in [2.75, 3.05) is 52.3 Å². The van der Waals surface area contributed by atoms with Crippen LogP contribution < -0.4 is 16.0 Å². The number of halogens is 2. The number of nitrogens with zero attached hydrogens (tertiary/aromatic N) is 2. The molecule has 1 saturated heterocycles. The molecule has 248 valence electrons. The molecule has 0 radical (unpaired) electrons. The Labute approximate surface area is 267 Å². The maximum absolute atomic E-state index is 14.3. The molecule has 1 fully saturated rings. The zero-order valence-electron chi connectivity index (χ0n) is 26.5. The lowest BCUT2D eigenvalue weighted by molar-refractivity contribution is -0.137. The molecule has 5 amide bonds. The van der Waals surface area contributed by atoms with E-state index in [1.165, 1.54) is 18.7 Å². The van der Waals surface area contributed by atoms with Crippen molar-refractivity contribution >= 4 is 29.6 Å². The normalized spacial score (nSPS) is 17.6. The topological polar surface area (TPSA) is 129 Å². The Morgan fingerprint density at radius 3 is 2.41 bits per heavy atom. The van der Waals surface area contributed by atoms with Crippen molar-refractivity contribution in [2.24, 2.45) is 5.92 Å². The van der Waals surface area contributed by atoms with Crippen LogP contribution in [-0.2, 0) is 19.1 Å². The highest BCUT2D eigenvalue weighted by Gasteiger charge is 2.43. The van der Waals surface area contributed by atoms with Crippen LogP contribution in [0.3, 0.4) is 0 Å². The van der Waals surface area contributed by atoms with Gasteiger partial charge in [0.05, 0.1) is 25.0 Å². The molecule has 0 bridgehead atoms. The Morgan fingerprint density at radius 1 is 1.02 bits per heavy atom. The number of esters is 1. The summed E-state index contributed by atoms with van der Waals surface area (Å²) in [4.78, 5) is 54.6. The van der Waals surface area contributed by atoms with Gasteiger partial charge in [0.25, 0.3) is 0 Å². The average Bonchev–Trinajstić information content (AvgIpc) is 3.04. The molecule has 1 unspecified atom stereocenters. The minimum atomic E-state index is -1.39. The highest BCUT2D eigenvalue weighted by Crippen LogP contribution is 2.35. The van der Waals surface area contributed by atoms with Crippen molar-refractivity contribution in [3.05, 3.63) is 76.5 Å². The second-order valence-electron chi connectivity index (χ2n) is 11.7. The van der Waals surface area contributed by atoms with E-state index < -0.39 is 35.7 Å². The summed E-state index contributed by atoms with van der Waals surface area (Å²) in [7, 11) is 2.49. The van der Waals surface area contributed by atoms with Crippen LogP contribution in [-0.4, -0.2) is 80.7 Å². The Kier molecular flexibility index (Phi) is 11.8. The van der Waals surface area contributed by atoms with Gasteiger partial charge in [-0.05, 0) is 80.2 Å². The Bertz CT molecular complexity index is 1470. The molecule has 0 aliphatic carbocycles. The second-order valence-corrected chi connectivity index (χ2v) is 11.7. The molecule has 13 heteroatoms. The van der Waals surface area contributed by atoms with Gasteiger partial charge in [-0.25, -0.2) is 28.1 Å². The summed E-state index contributed by atoms with van der Waals surface area (Å²) >= 11 is 0. The first-order valence-electron chi connectivity index (χ1n) is 15.3. The summed E-state index contributed by atoms with van der Waals surface area (Å²) < 4.78 is 38.1. The van der Waals surface area contributed by atoms with Crippen LogP contribution in [0, 0.1) is 17.6 Å². The molecule has 1 atom stereocenters. The minimum Gasteiger partial charge on any atom is -0.466 e. The van der Waals surface area contributed by atoms with Gasteiger partial charge in [-0.3, -0.25) is 4.79 Å². The van der Waals surface area contributed by atoms with Crippen LogP contribution in [0.2, 0.25) is 0 Å². The summed E-state index contributed by atoms with van der Waals surface area (Å²) in [5.41, 5.74) is 1.91. The zero-order valence-corrected chi connectivity index (χ0v) is 26.5. The van der Waals surface area contributed by atoms with Crippen molar-refractivity contribution in [1.82, 2.24) is 20.4 Å². The SMILES string of the molecule is COCC1=C(C(=O)OC)C(c2ccc(F)c(F)c2)N(C(=O)NCCCN2CCC(c3cccc(NC(=O)C(C)C)c3)CC2)C(=O)N1. The number of carbonyl (C=O) groups excluding carboxylic acids is 4. The first-order valence-corrected chi connectivity index (χ1v) is 15.3. The van der Waals surface area contributed by atoms with E-state index in [2.05, 4.69) is 26.9 Å². The molecule has 0 aromatic heterocycles.